The summed E-state index contributed by atoms with van der Waals surface area (Å²) in [6.07, 6.45) is 2.83. The van der Waals surface area contributed by atoms with Gasteiger partial charge in [0.1, 0.15) is 6.34 Å². The minimum atomic E-state index is 0.576. The molecule has 0 aliphatic heterocycles. The Bertz CT molecular complexity index is 261. The zero-order valence-corrected chi connectivity index (χ0v) is 8.15. The molecule has 0 aromatic carbocycles. The van der Waals surface area contributed by atoms with Gasteiger partial charge in [0.2, 0.25) is 0 Å². The van der Waals surface area contributed by atoms with Crippen LogP contribution in [0.2, 0.25) is 0 Å². The van der Waals surface area contributed by atoms with Crippen LogP contribution >= 0.6 is 0 Å². The van der Waals surface area contributed by atoms with Crippen molar-refractivity contribution < 1.29 is 5.21 Å². The molecule has 1 aromatic heterocycles. The van der Waals surface area contributed by atoms with Crippen molar-refractivity contribution in [1.82, 2.24) is 10.5 Å². The molecule has 0 bridgehead atoms. The first-order chi connectivity index (χ1) is 6.33. The second kappa shape index (κ2) is 7.24. The molecule has 0 amide bonds. The molecule has 13 heavy (non-hydrogen) atoms. The van der Waals surface area contributed by atoms with Gasteiger partial charge in [-0.25, -0.2) is 9.98 Å². The van der Waals surface area contributed by atoms with Crippen LogP contribution < -0.4 is 5.48 Å². The van der Waals surface area contributed by atoms with Crippen LogP contribution in [0, 0.1) is 6.92 Å². The number of aromatic nitrogens is 1. The van der Waals surface area contributed by atoms with E-state index >= 15 is 0 Å². The fourth-order valence-corrected chi connectivity index (χ4v) is 0.686. The van der Waals surface area contributed by atoms with Gasteiger partial charge in [-0.1, -0.05) is 13.8 Å². The van der Waals surface area contributed by atoms with Gasteiger partial charge in [-0.05, 0) is 24.6 Å². The lowest BCUT2D eigenvalue weighted by atomic mass is 10.3. The van der Waals surface area contributed by atoms with Crippen molar-refractivity contribution >= 4 is 12.2 Å². The average Bonchev–Trinajstić information content (AvgIpc) is 2.18. The van der Waals surface area contributed by atoms with E-state index in [9.17, 15) is 0 Å². The molecule has 0 aliphatic rings. The van der Waals surface area contributed by atoms with Gasteiger partial charge < -0.3 is 0 Å². The van der Waals surface area contributed by atoms with Gasteiger partial charge in [-0.2, -0.15) is 0 Å². The number of nitrogens with zero attached hydrogens (tertiary/aromatic N) is 2. The molecule has 0 fully saturated rings. The van der Waals surface area contributed by atoms with E-state index in [0.717, 1.165) is 5.56 Å². The zero-order valence-electron chi connectivity index (χ0n) is 8.15. The number of hydrogen-bond donors (Lipinski definition) is 2. The highest BCUT2D eigenvalue weighted by Crippen LogP contribution is 2.07. The molecule has 0 saturated heterocycles. The van der Waals surface area contributed by atoms with E-state index < -0.39 is 0 Å². The average molecular weight is 181 g/mol. The molecule has 4 heteroatoms. The van der Waals surface area contributed by atoms with Crippen LogP contribution in [0.1, 0.15) is 19.4 Å². The van der Waals surface area contributed by atoms with E-state index in [0.29, 0.717) is 5.82 Å². The minimum Gasteiger partial charge on any atom is -0.290 e. The molecule has 1 rings (SSSR count). The van der Waals surface area contributed by atoms with Crippen molar-refractivity contribution in [2.45, 2.75) is 20.8 Å². The third-order valence-corrected chi connectivity index (χ3v) is 1.16. The summed E-state index contributed by atoms with van der Waals surface area (Å²) < 4.78 is 0. The summed E-state index contributed by atoms with van der Waals surface area (Å²) in [6, 6.07) is 3.69. The summed E-state index contributed by atoms with van der Waals surface area (Å²) in [6.45, 7) is 5.95. The molecule has 1 aromatic rings. The molecule has 0 spiro atoms. The third-order valence-electron chi connectivity index (χ3n) is 1.16. The second-order valence-electron chi connectivity index (χ2n) is 2.08. The highest BCUT2D eigenvalue weighted by atomic mass is 16.5. The van der Waals surface area contributed by atoms with Crippen LogP contribution in [0.3, 0.4) is 0 Å². The Balaban J connectivity index is 0.000000671. The number of hydrogen-bond acceptors (Lipinski definition) is 3. The topological polar surface area (TPSA) is 57.5 Å². The fourth-order valence-electron chi connectivity index (χ4n) is 0.686. The first kappa shape index (κ1) is 11.6. The van der Waals surface area contributed by atoms with E-state index in [1.807, 2.05) is 32.9 Å². The summed E-state index contributed by atoms with van der Waals surface area (Å²) in [7, 11) is 0. The predicted molar refractivity (Wildman–Crippen MR) is 53.4 cm³/mol. The van der Waals surface area contributed by atoms with E-state index in [4.69, 9.17) is 5.21 Å². The predicted octanol–water partition coefficient (Wildman–Crippen LogP) is 2.05. The van der Waals surface area contributed by atoms with Crippen molar-refractivity contribution in [2.24, 2.45) is 4.99 Å². The molecular formula is C9H15N3O. The first-order valence-electron chi connectivity index (χ1n) is 4.18. The lowest BCUT2D eigenvalue weighted by molar-refractivity contribution is 0.240. The normalized spacial score (nSPS) is 9.23. The Morgan fingerprint density at radius 2 is 2.23 bits per heavy atom. The highest BCUT2D eigenvalue weighted by molar-refractivity contribution is 5.57. The molecule has 0 aliphatic carbocycles. The van der Waals surface area contributed by atoms with Crippen LogP contribution in [-0.4, -0.2) is 16.5 Å². The lowest BCUT2D eigenvalue weighted by Crippen LogP contribution is -2.01. The Labute approximate surface area is 78.3 Å². The minimum absolute atomic E-state index is 0.576. The van der Waals surface area contributed by atoms with Crippen molar-refractivity contribution in [3.63, 3.8) is 0 Å². The van der Waals surface area contributed by atoms with E-state index in [-0.39, 0.29) is 0 Å². The molecule has 72 valence electrons. The molecule has 1 heterocycles. The largest absolute Gasteiger partial charge is 0.290 e. The smallest absolute Gasteiger partial charge is 0.153 e. The van der Waals surface area contributed by atoms with Gasteiger partial charge in [0, 0.05) is 6.20 Å². The van der Waals surface area contributed by atoms with Gasteiger partial charge >= 0.3 is 0 Å². The summed E-state index contributed by atoms with van der Waals surface area (Å²) >= 11 is 0. The third kappa shape index (κ3) is 4.92. The molecule has 2 N–H and O–H groups in total. The highest BCUT2D eigenvalue weighted by Gasteiger charge is 1.87. The first-order valence-corrected chi connectivity index (χ1v) is 4.18. The zero-order chi connectivity index (χ0) is 10.1. The van der Waals surface area contributed by atoms with Gasteiger partial charge in [0.05, 0.1) is 0 Å². The second-order valence-corrected chi connectivity index (χ2v) is 2.08. The maximum absolute atomic E-state index is 8.17. The molecular weight excluding hydrogens is 166 g/mol. The van der Waals surface area contributed by atoms with Gasteiger partial charge in [-0.3, -0.25) is 10.7 Å². The molecule has 0 saturated carbocycles. The number of nitrogens with one attached hydrogen (secondary N) is 1. The van der Waals surface area contributed by atoms with Crippen LogP contribution in [0.25, 0.3) is 0 Å². The number of aryl methyl sites for hydroxylation is 1. The summed E-state index contributed by atoms with van der Waals surface area (Å²) in [4.78, 5) is 7.72. The Kier molecular flexibility index (Phi) is 6.45. The fraction of sp³-hybridized carbons (Fsp3) is 0.333. The summed E-state index contributed by atoms with van der Waals surface area (Å²) in [5.74, 6) is 0.576. The van der Waals surface area contributed by atoms with E-state index in [2.05, 4.69) is 9.98 Å². The summed E-state index contributed by atoms with van der Waals surface area (Å²) in [5, 5.41) is 8.17. The van der Waals surface area contributed by atoms with Gasteiger partial charge in [0.15, 0.2) is 5.82 Å². The maximum atomic E-state index is 8.17. The van der Waals surface area contributed by atoms with Crippen LogP contribution in [0.15, 0.2) is 23.3 Å². The van der Waals surface area contributed by atoms with Crippen LogP contribution in [0.5, 0.6) is 0 Å². The molecule has 0 radical (unpaired) electrons. The lowest BCUT2D eigenvalue weighted by Gasteiger charge is -1.92. The van der Waals surface area contributed by atoms with E-state index in [1.165, 1.54) is 6.34 Å². The quantitative estimate of drug-likeness (QED) is 0.417. The Morgan fingerprint density at radius 3 is 2.77 bits per heavy atom. The Morgan fingerprint density at radius 1 is 1.54 bits per heavy atom. The van der Waals surface area contributed by atoms with Gasteiger partial charge in [0.25, 0.3) is 0 Å². The van der Waals surface area contributed by atoms with Crippen LogP contribution in [-0.2, 0) is 0 Å². The molecule has 0 unspecified atom stereocenters. The van der Waals surface area contributed by atoms with Crippen molar-refractivity contribution in [2.75, 3.05) is 0 Å². The maximum Gasteiger partial charge on any atom is 0.153 e. The summed E-state index contributed by atoms with van der Waals surface area (Å²) in [5.41, 5.74) is 2.89. The van der Waals surface area contributed by atoms with Crippen molar-refractivity contribution in [3.8, 4) is 0 Å². The number of hydroxylamine groups is 1. The molecule has 0 atom stereocenters. The van der Waals surface area contributed by atoms with Gasteiger partial charge in [-0.15, -0.1) is 0 Å². The van der Waals surface area contributed by atoms with Crippen molar-refractivity contribution in [3.05, 3.63) is 23.9 Å². The van der Waals surface area contributed by atoms with Crippen LogP contribution in [0.4, 0.5) is 5.82 Å². The monoisotopic (exact) mass is 181 g/mol. The number of pyridine rings is 1. The van der Waals surface area contributed by atoms with Crippen molar-refractivity contribution in [1.29, 1.82) is 0 Å². The molecule has 4 nitrogen and oxygen atoms in total. The Hall–Kier alpha value is -1.42. The SMILES string of the molecule is CC.Cc1ccnc(N=CNO)c1. The van der Waals surface area contributed by atoms with E-state index in [1.54, 1.807) is 11.7 Å². The number of rotatable bonds is 2. The standard InChI is InChI=1S/C7H9N3O.C2H6/c1-6-2-3-8-7(4-6)9-5-10-11;1-2/h2-5,11H,1H3,(H,8,9,10);1-2H3. The number of aliphatic imine (C=N–C) groups is 1.